The summed E-state index contributed by atoms with van der Waals surface area (Å²) in [5.41, 5.74) is 0. The molecular formula is C12H23N3O5S. The lowest BCUT2D eigenvalue weighted by molar-refractivity contribution is -0.138. The quantitative estimate of drug-likeness (QED) is 0.665. The molecule has 1 saturated heterocycles. The fraction of sp³-hybridized carbons (Fsp3) is 0.833. The van der Waals surface area contributed by atoms with Crippen molar-refractivity contribution < 1.29 is 23.1 Å². The zero-order chi connectivity index (χ0) is 16.0. The van der Waals surface area contributed by atoms with Crippen LogP contribution in [0, 0.1) is 0 Å². The minimum atomic E-state index is -3.28. The van der Waals surface area contributed by atoms with Crippen molar-refractivity contribution in [3.63, 3.8) is 0 Å². The number of likely N-dealkylation sites (N-methyl/N-ethyl adjacent to an activating group) is 1. The Labute approximate surface area is 125 Å². The smallest absolute Gasteiger partial charge is 0.317 e. The molecule has 21 heavy (non-hydrogen) atoms. The minimum Gasteiger partial charge on any atom is -0.481 e. The van der Waals surface area contributed by atoms with Crippen molar-refractivity contribution in [1.82, 2.24) is 15.1 Å². The molecule has 0 aromatic heterocycles. The number of rotatable bonds is 6. The number of carboxylic acid groups (broad SMARTS) is 1. The number of carbonyl (C=O) groups is 2. The second kappa shape index (κ2) is 7.60. The van der Waals surface area contributed by atoms with Crippen molar-refractivity contribution in [2.24, 2.45) is 0 Å². The SMILES string of the molecule is CCN(C)CCNC(=O)N1CCS(=O)(=O)CC1CC(=O)O. The highest BCUT2D eigenvalue weighted by atomic mass is 32.2. The van der Waals surface area contributed by atoms with Crippen LogP contribution in [-0.4, -0.2) is 86.1 Å². The number of nitrogens with zero attached hydrogens (tertiary/aromatic N) is 2. The van der Waals surface area contributed by atoms with Crippen molar-refractivity contribution >= 4 is 21.8 Å². The Kier molecular flexibility index (Phi) is 6.41. The summed E-state index contributed by atoms with van der Waals surface area (Å²) in [6.45, 7) is 4.01. The molecule has 122 valence electrons. The second-order valence-electron chi connectivity index (χ2n) is 5.19. The van der Waals surface area contributed by atoms with Crippen LogP contribution >= 0.6 is 0 Å². The third-order valence-corrected chi connectivity index (χ3v) is 5.21. The molecule has 2 N–H and O–H groups in total. The molecule has 1 heterocycles. The molecule has 0 radical (unpaired) electrons. The first kappa shape index (κ1) is 17.7. The van der Waals surface area contributed by atoms with Crippen LogP contribution in [-0.2, 0) is 14.6 Å². The molecule has 2 amide bonds. The number of hydrogen-bond donors (Lipinski definition) is 2. The first-order valence-electron chi connectivity index (χ1n) is 6.90. The number of urea groups is 1. The number of nitrogens with one attached hydrogen (secondary N) is 1. The number of hydrogen-bond acceptors (Lipinski definition) is 5. The zero-order valence-electron chi connectivity index (χ0n) is 12.4. The van der Waals surface area contributed by atoms with Gasteiger partial charge in [0.2, 0.25) is 0 Å². The van der Waals surface area contributed by atoms with E-state index in [1.165, 1.54) is 4.90 Å². The molecule has 0 aromatic rings. The Morgan fingerprint density at radius 2 is 2.10 bits per heavy atom. The normalized spacial score (nSPS) is 21.3. The molecule has 0 aliphatic carbocycles. The van der Waals surface area contributed by atoms with Gasteiger partial charge in [0.25, 0.3) is 0 Å². The van der Waals surface area contributed by atoms with Gasteiger partial charge in [-0.25, -0.2) is 13.2 Å². The zero-order valence-corrected chi connectivity index (χ0v) is 13.2. The molecule has 1 aliphatic heterocycles. The van der Waals surface area contributed by atoms with Crippen LogP contribution in [0.4, 0.5) is 4.79 Å². The highest BCUT2D eigenvalue weighted by Gasteiger charge is 2.35. The van der Waals surface area contributed by atoms with E-state index in [0.717, 1.165) is 6.54 Å². The van der Waals surface area contributed by atoms with Gasteiger partial charge >= 0.3 is 12.0 Å². The average Bonchev–Trinajstić information content (AvgIpc) is 2.36. The maximum Gasteiger partial charge on any atom is 0.317 e. The minimum absolute atomic E-state index is 0.0374. The number of aliphatic carboxylic acids is 1. The van der Waals surface area contributed by atoms with E-state index in [0.29, 0.717) is 13.1 Å². The van der Waals surface area contributed by atoms with E-state index in [-0.39, 0.29) is 24.5 Å². The van der Waals surface area contributed by atoms with Gasteiger partial charge in [-0.05, 0) is 13.6 Å². The van der Waals surface area contributed by atoms with Gasteiger partial charge in [0.05, 0.1) is 24.0 Å². The largest absolute Gasteiger partial charge is 0.481 e. The molecule has 1 atom stereocenters. The lowest BCUT2D eigenvalue weighted by Gasteiger charge is -2.34. The van der Waals surface area contributed by atoms with Crippen LogP contribution in [0.1, 0.15) is 13.3 Å². The van der Waals surface area contributed by atoms with Crippen LogP contribution in [0.3, 0.4) is 0 Å². The average molecular weight is 321 g/mol. The topological polar surface area (TPSA) is 107 Å². The van der Waals surface area contributed by atoms with Gasteiger partial charge in [0.15, 0.2) is 9.84 Å². The summed E-state index contributed by atoms with van der Waals surface area (Å²) in [6.07, 6.45) is -0.360. The highest BCUT2D eigenvalue weighted by Crippen LogP contribution is 2.15. The summed E-state index contributed by atoms with van der Waals surface area (Å²) in [6, 6.07) is -1.20. The first-order valence-corrected chi connectivity index (χ1v) is 8.72. The molecule has 8 nitrogen and oxygen atoms in total. The monoisotopic (exact) mass is 321 g/mol. The molecular weight excluding hydrogens is 298 g/mol. The third-order valence-electron chi connectivity index (χ3n) is 3.51. The molecule has 0 spiro atoms. The van der Waals surface area contributed by atoms with Gasteiger partial charge in [-0.1, -0.05) is 6.92 Å². The summed E-state index contributed by atoms with van der Waals surface area (Å²) in [7, 11) is -1.35. The Morgan fingerprint density at radius 1 is 1.43 bits per heavy atom. The van der Waals surface area contributed by atoms with Crippen molar-refractivity contribution in [2.45, 2.75) is 19.4 Å². The maximum atomic E-state index is 12.1. The van der Waals surface area contributed by atoms with Crippen LogP contribution in [0.15, 0.2) is 0 Å². The molecule has 1 unspecified atom stereocenters. The summed E-state index contributed by atoms with van der Waals surface area (Å²) in [5.74, 6) is -1.52. The van der Waals surface area contributed by atoms with E-state index in [2.05, 4.69) is 5.32 Å². The fourth-order valence-electron chi connectivity index (χ4n) is 2.14. The van der Waals surface area contributed by atoms with E-state index >= 15 is 0 Å². The van der Waals surface area contributed by atoms with E-state index in [9.17, 15) is 18.0 Å². The van der Waals surface area contributed by atoms with E-state index < -0.39 is 27.9 Å². The highest BCUT2D eigenvalue weighted by molar-refractivity contribution is 7.91. The van der Waals surface area contributed by atoms with Crippen LogP contribution in [0.25, 0.3) is 0 Å². The van der Waals surface area contributed by atoms with Crippen molar-refractivity contribution in [2.75, 3.05) is 44.7 Å². The Bertz CT molecular complexity index is 479. The Balaban J connectivity index is 2.60. The van der Waals surface area contributed by atoms with Crippen LogP contribution in [0.2, 0.25) is 0 Å². The number of carboxylic acids is 1. The van der Waals surface area contributed by atoms with Crippen LogP contribution < -0.4 is 5.32 Å². The summed E-state index contributed by atoms with van der Waals surface area (Å²) in [5, 5.41) is 11.6. The van der Waals surface area contributed by atoms with Gasteiger partial charge in [0, 0.05) is 19.6 Å². The molecule has 1 fully saturated rings. The number of carbonyl (C=O) groups excluding carboxylic acids is 1. The van der Waals surface area contributed by atoms with E-state index in [4.69, 9.17) is 5.11 Å². The lowest BCUT2D eigenvalue weighted by Crippen LogP contribution is -2.55. The summed E-state index contributed by atoms with van der Waals surface area (Å²) < 4.78 is 23.2. The van der Waals surface area contributed by atoms with Crippen molar-refractivity contribution in [1.29, 1.82) is 0 Å². The van der Waals surface area contributed by atoms with Gasteiger partial charge in [-0.15, -0.1) is 0 Å². The van der Waals surface area contributed by atoms with Gasteiger partial charge in [-0.3, -0.25) is 4.79 Å². The molecule has 1 aliphatic rings. The fourth-order valence-corrected chi connectivity index (χ4v) is 3.66. The standard InChI is InChI=1S/C12H23N3O5S/c1-3-14(2)5-4-13-12(18)15-6-7-21(19,20)9-10(15)8-11(16)17/h10H,3-9H2,1-2H3,(H,13,18)(H,16,17). The molecule has 9 heteroatoms. The predicted octanol–water partition coefficient (Wildman–Crippen LogP) is -0.779. The predicted molar refractivity (Wildman–Crippen MR) is 78.0 cm³/mol. The van der Waals surface area contributed by atoms with E-state index in [1.807, 2.05) is 18.9 Å². The summed E-state index contributed by atoms with van der Waals surface area (Å²) in [4.78, 5) is 26.3. The molecule has 1 rings (SSSR count). The molecule has 0 saturated carbocycles. The van der Waals surface area contributed by atoms with Gasteiger partial charge in [0.1, 0.15) is 0 Å². The Hall–Kier alpha value is -1.35. The van der Waals surface area contributed by atoms with Gasteiger partial charge < -0.3 is 20.2 Å². The third kappa shape index (κ3) is 5.88. The summed E-state index contributed by atoms with van der Waals surface area (Å²) >= 11 is 0. The van der Waals surface area contributed by atoms with E-state index in [1.54, 1.807) is 0 Å². The maximum absolute atomic E-state index is 12.1. The first-order chi connectivity index (χ1) is 9.75. The number of amides is 2. The molecule has 0 aromatic carbocycles. The lowest BCUT2D eigenvalue weighted by atomic mass is 10.2. The van der Waals surface area contributed by atoms with Gasteiger partial charge in [-0.2, -0.15) is 0 Å². The van der Waals surface area contributed by atoms with Crippen molar-refractivity contribution in [3.05, 3.63) is 0 Å². The van der Waals surface area contributed by atoms with Crippen LogP contribution in [0.5, 0.6) is 0 Å². The number of sulfone groups is 1. The molecule has 0 bridgehead atoms. The second-order valence-corrected chi connectivity index (χ2v) is 7.42. The van der Waals surface area contributed by atoms with Crippen molar-refractivity contribution in [3.8, 4) is 0 Å². The Morgan fingerprint density at radius 3 is 2.67 bits per heavy atom.